The van der Waals surface area contributed by atoms with Crippen LogP contribution in [0.3, 0.4) is 0 Å². The van der Waals surface area contributed by atoms with Crippen molar-refractivity contribution in [3.05, 3.63) is 23.2 Å². The molecule has 1 heterocycles. The molecule has 1 aromatic rings. The van der Waals surface area contributed by atoms with Gasteiger partial charge in [-0.05, 0) is 32.9 Å². The highest BCUT2D eigenvalue weighted by Crippen LogP contribution is 2.18. The first-order valence-corrected chi connectivity index (χ1v) is 6.33. The maximum absolute atomic E-state index is 11.4. The Kier molecular flexibility index (Phi) is 5.37. The lowest BCUT2D eigenvalue weighted by Gasteiger charge is -2.24. The second kappa shape index (κ2) is 6.56. The molecule has 102 valence electrons. The van der Waals surface area contributed by atoms with Crippen molar-refractivity contribution in [1.29, 1.82) is 0 Å². The normalized spacial score (nSPS) is 11.3. The fourth-order valence-electron chi connectivity index (χ4n) is 2.20. The maximum atomic E-state index is 11.4. The van der Waals surface area contributed by atoms with Crippen LogP contribution >= 0.6 is 0 Å². The average Bonchev–Trinajstić information content (AvgIpc) is 2.70. The first-order valence-electron chi connectivity index (χ1n) is 6.33. The van der Waals surface area contributed by atoms with Crippen LogP contribution in [0.25, 0.3) is 0 Å². The Hall–Kier alpha value is -1.33. The van der Waals surface area contributed by atoms with Crippen molar-refractivity contribution in [2.45, 2.75) is 46.2 Å². The van der Waals surface area contributed by atoms with E-state index >= 15 is 0 Å². The topological polar surface area (TPSA) is 71.5 Å². The predicted octanol–water partition coefficient (Wildman–Crippen LogP) is 1.81. The summed E-state index contributed by atoms with van der Waals surface area (Å²) in [6, 6.07) is 2.42. The monoisotopic (exact) mass is 253 g/mol. The van der Waals surface area contributed by atoms with Crippen LogP contribution in [0.1, 0.15) is 48.6 Å². The lowest BCUT2D eigenvalue weighted by molar-refractivity contribution is 0.0920. The number of nitrogens with zero attached hydrogens (tertiary/aromatic N) is 1. The number of nitrogens with two attached hydrogens (primary N) is 1. The third-order valence-corrected chi connectivity index (χ3v) is 3.28. The Morgan fingerprint density at radius 3 is 2.61 bits per heavy atom. The van der Waals surface area contributed by atoms with Crippen molar-refractivity contribution in [3.8, 4) is 0 Å². The van der Waals surface area contributed by atoms with E-state index in [9.17, 15) is 4.79 Å². The van der Waals surface area contributed by atoms with Gasteiger partial charge in [-0.3, -0.25) is 15.1 Å². The van der Waals surface area contributed by atoms with Crippen LogP contribution in [-0.2, 0) is 6.54 Å². The molecule has 1 amide bonds. The summed E-state index contributed by atoms with van der Waals surface area (Å²) in [7, 11) is 2.07. The predicted molar refractivity (Wildman–Crippen MR) is 70.9 cm³/mol. The number of nitrogens with one attached hydrogen (secondary N) is 1. The molecule has 18 heavy (non-hydrogen) atoms. The van der Waals surface area contributed by atoms with Gasteiger partial charge in [0.1, 0.15) is 5.76 Å². The van der Waals surface area contributed by atoms with E-state index in [-0.39, 0.29) is 5.91 Å². The Labute approximate surface area is 108 Å². The molecule has 3 N–H and O–H groups in total. The van der Waals surface area contributed by atoms with Gasteiger partial charge < -0.3 is 4.42 Å². The Morgan fingerprint density at radius 2 is 2.11 bits per heavy atom. The molecular weight excluding hydrogens is 230 g/mol. The minimum atomic E-state index is -0.385. The fourth-order valence-corrected chi connectivity index (χ4v) is 2.20. The van der Waals surface area contributed by atoms with E-state index in [1.807, 2.05) is 13.0 Å². The van der Waals surface area contributed by atoms with Gasteiger partial charge in [0.05, 0.1) is 6.54 Å². The summed E-state index contributed by atoms with van der Waals surface area (Å²) in [6.07, 6.45) is 2.20. The standard InChI is InChI=1S/C13H23N3O2/c1-5-10(6-2)16(4)8-11-7-9(3)12(18-11)13(17)15-14/h7,10H,5-6,8,14H2,1-4H3,(H,15,17). The number of hydrogen-bond donors (Lipinski definition) is 2. The van der Waals surface area contributed by atoms with Gasteiger partial charge in [-0.25, -0.2) is 5.84 Å². The molecule has 0 aromatic carbocycles. The first-order chi connectivity index (χ1) is 8.53. The van der Waals surface area contributed by atoms with E-state index in [0.29, 0.717) is 18.3 Å². The summed E-state index contributed by atoms with van der Waals surface area (Å²) in [5.74, 6) is 5.81. The number of furan rings is 1. The van der Waals surface area contributed by atoms with Gasteiger partial charge in [0.2, 0.25) is 0 Å². The molecular formula is C13H23N3O2. The summed E-state index contributed by atoms with van der Waals surface area (Å²) in [4.78, 5) is 13.7. The molecule has 0 unspecified atom stereocenters. The van der Waals surface area contributed by atoms with Gasteiger partial charge in [-0.2, -0.15) is 0 Å². The van der Waals surface area contributed by atoms with Gasteiger partial charge in [0.25, 0.3) is 0 Å². The number of carbonyl (C=O) groups is 1. The largest absolute Gasteiger partial charge is 0.454 e. The summed E-state index contributed by atoms with van der Waals surface area (Å²) in [5.41, 5.74) is 2.90. The van der Waals surface area contributed by atoms with Crippen LogP contribution in [0.15, 0.2) is 10.5 Å². The second-order valence-corrected chi connectivity index (χ2v) is 4.58. The van der Waals surface area contributed by atoms with E-state index < -0.39 is 0 Å². The van der Waals surface area contributed by atoms with Gasteiger partial charge >= 0.3 is 5.91 Å². The highest BCUT2D eigenvalue weighted by atomic mass is 16.4. The van der Waals surface area contributed by atoms with Crippen LogP contribution in [0.4, 0.5) is 0 Å². The van der Waals surface area contributed by atoms with Gasteiger partial charge in [0, 0.05) is 11.6 Å². The molecule has 0 fully saturated rings. The van der Waals surface area contributed by atoms with Gasteiger partial charge in [0.15, 0.2) is 5.76 Å². The number of hydrogen-bond acceptors (Lipinski definition) is 4. The zero-order chi connectivity index (χ0) is 13.7. The van der Waals surface area contributed by atoms with Crippen LogP contribution in [0, 0.1) is 6.92 Å². The lowest BCUT2D eigenvalue weighted by atomic mass is 10.1. The second-order valence-electron chi connectivity index (χ2n) is 4.58. The number of carbonyl (C=O) groups excluding carboxylic acids is 1. The van der Waals surface area contributed by atoms with Crippen molar-refractivity contribution in [3.63, 3.8) is 0 Å². The minimum absolute atomic E-state index is 0.297. The van der Waals surface area contributed by atoms with Crippen molar-refractivity contribution in [1.82, 2.24) is 10.3 Å². The minimum Gasteiger partial charge on any atom is -0.454 e. The highest BCUT2D eigenvalue weighted by Gasteiger charge is 2.17. The van der Waals surface area contributed by atoms with Crippen LogP contribution in [0.5, 0.6) is 0 Å². The third kappa shape index (κ3) is 3.34. The summed E-state index contributed by atoms with van der Waals surface area (Å²) >= 11 is 0. The maximum Gasteiger partial charge on any atom is 0.301 e. The number of aryl methyl sites for hydroxylation is 1. The number of nitrogen functional groups attached to an aromatic ring is 1. The molecule has 0 bridgehead atoms. The molecule has 5 nitrogen and oxygen atoms in total. The molecule has 0 saturated carbocycles. The van der Waals surface area contributed by atoms with Crippen molar-refractivity contribution < 1.29 is 9.21 Å². The van der Waals surface area contributed by atoms with Crippen LogP contribution in [0.2, 0.25) is 0 Å². The smallest absolute Gasteiger partial charge is 0.301 e. The first kappa shape index (κ1) is 14.7. The Bertz CT molecular complexity index is 397. The Balaban J connectivity index is 2.77. The molecule has 0 aliphatic heterocycles. The van der Waals surface area contributed by atoms with E-state index in [4.69, 9.17) is 10.3 Å². The van der Waals surface area contributed by atoms with Gasteiger partial charge in [-0.15, -0.1) is 0 Å². The fraction of sp³-hybridized carbons (Fsp3) is 0.615. The molecule has 0 saturated heterocycles. The molecule has 0 spiro atoms. The zero-order valence-electron chi connectivity index (χ0n) is 11.6. The van der Waals surface area contributed by atoms with Crippen molar-refractivity contribution in [2.24, 2.45) is 5.84 Å². The van der Waals surface area contributed by atoms with E-state index in [1.165, 1.54) is 0 Å². The summed E-state index contributed by atoms with van der Waals surface area (Å²) < 4.78 is 5.54. The van der Waals surface area contributed by atoms with Crippen molar-refractivity contribution in [2.75, 3.05) is 7.05 Å². The summed E-state index contributed by atoms with van der Waals surface area (Å²) in [6.45, 7) is 6.89. The Morgan fingerprint density at radius 1 is 1.50 bits per heavy atom. The van der Waals surface area contributed by atoms with E-state index in [2.05, 4.69) is 31.2 Å². The average molecular weight is 253 g/mol. The van der Waals surface area contributed by atoms with E-state index in [0.717, 1.165) is 24.2 Å². The van der Waals surface area contributed by atoms with Gasteiger partial charge in [-0.1, -0.05) is 13.8 Å². The third-order valence-electron chi connectivity index (χ3n) is 3.28. The zero-order valence-corrected chi connectivity index (χ0v) is 11.6. The molecule has 0 radical (unpaired) electrons. The number of hydrazine groups is 1. The van der Waals surface area contributed by atoms with Crippen molar-refractivity contribution >= 4 is 5.91 Å². The number of rotatable bonds is 6. The molecule has 0 atom stereocenters. The SMILES string of the molecule is CCC(CC)N(C)Cc1cc(C)c(C(=O)NN)o1. The number of amides is 1. The molecule has 5 heteroatoms. The van der Waals surface area contributed by atoms with Crippen LogP contribution < -0.4 is 11.3 Å². The van der Waals surface area contributed by atoms with E-state index in [1.54, 1.807) is 0 Å². The molecule has 1 rings (SSSR count). The van der Waals surface area contributed by atoms with Crippen LogP contribution in [-0.4, -0.2) is 23.9 Å². The molecule has 0 aliphatic carbocycles. The molecule has 0 aliphatic rings. The summed E-state index contributed by atoms with van der Waals surface area (Å²) in [5, 5.41) is 0. The lowest BCUT2D eigenvalue weighted by Crippen LogP contribution is -2.30. The molecule has 1 aromatic heterocycles. The quantitative estimate of drug-likeness (QED) is 0.461. The highest BCUT2D eigenvalue weighted by molar-refractivity contribution is 5.92.